The average molecular weight is 311 g/mol. The topological polar surface area (TPSA) is 21.3 Å². The summed E-state index contributed by atoms with van der Waals surface area (Å²) in [5.41, 5.74) is 2.72. The molecule has 0 radical (unpaired) electrons. The molecule has 2 aromatic carbocycles. The smallest absolute Gasteiger partial charge is 0.119 e. The van der Waals surface area contributed by atoms with Crippen LogP contribution in [0.5, 0.6) is 5.75 Å². The van der Waals surface area contributed by atoms with Crippen LogP contribution in [0.4, 0.5) is 0 Å². The minimum atomic E-state index is 0.273. The number of ether oxygens (including phenoxy) is 1. The molecule has 0 saturated carbocycles. The summed E-state index contributed by atoms with van der Waals surface area (Å²) in [6.07, 6.45) is 3.59. The van der Waals surface area contributed by atoms with E-state index in [-0.39, 0.29) is 6.10 Å². The van der Waals surface area contributed by atoms with Crippen molar-refractivity contribution in [2.75, 3.05) is 6.54 Å². The van der Waals surface area contributed by atoms with Crippen molar-refractivity contribution in [1.29, 1.82) is 0 Å². The van der Waals surface area contributed by atoms with Crippen LogP contribution < -0.4 is 10.1 Å². The van der Waals surface area contributed by atoms with E-state index in [1.54, 1.807) is 0 Å². The van der Waals surface area contributed by atoms with E-state index in [0.717, 1.165) is 31.6 Å². The van der Waals surface area contributed by atoms with Crippen molar-refractivity contribution in [2.24, 2.45) is 0 Å². The van der Waals surface area contributed by atoms with Gasteiger partial charge in [0.25, 0.3) is 0 Å². The predicted molar refractivity (Wildman–Crippen MR) is 98.0 cm³/mol. The molecule has 23 heavy (non-hydrogen) atoms. The summed E-state index contributed by atoms with van der Waals surface area (Å²) in [6.45, 7) is 7.49. The number of benzene rings is 2. The van der Waals surface area contributed by atoms with Gasteiger partial charge < -0.3 is 10.1 Å². The first kappa shape index (κ1) is 17.6. The van der Waals surface area contributed by atoms with E-state index >= 15 is 0 Å². The zero-order chi connectivity index (χ0) is 16.5. The molecule has 0 aliphatic carbocycles. The highest BCUT2D eigenvalue weighted by atomic mass is 16.5. The zero-order valence-electron chi connectivity index (χ0n) is 14.6. The molecule has 2 aromatic rings. The lowest BCUT2D eigenvalue weighted by Gasteiger charge is -2.16. The lowest BCUT2D eigenvalue weighted by Crippen LogP contribution is -2.20. The number of hydrogen-bond acceptors (Lipinski definition) is 2. The van der Waals surface area contributed by atoms with Gasteiger partial charge in [-0.15, -0.1) is 0 Å². The molecule has 0 heterocycles. The zero-order valence-corrected chi connectivity index (χ0v) is 14.6. The fraction of sp³-hybridized carbons (Fsp3) is 0.429. The van der Waals surface area contributed by atoms with E-state index in [9.17, 15) is 0 Å². The van der Waals surface area contributed by atoms with E-state index in [1.807, 2.05) is 0 Å². The molecule has 1 N–H and O–H groups in total. The molecule has 2 unspecified atom stereocenters. The molecule has 2 atom stereocenters. The first-order chi connectivity index (χ1) is 11.2. The Bertz CT molecular complexity index is 550. The first-order valence-electron chi connectivity index (χ1n) is 8.73. The molecule has 0 aliphatic heterocycles. The fourth-order valence-corrected chi connectivity index (χ4v) is 2.52. The summed E-state index contributed by atoms with van der Waals surface area (Å²) >= 11 is 0. The Morgan fingerprint density at radius 3 is 2.30 bits per heavy atom. The van der Waals surface area contributed by atoms with Gasteiger partial charge in [-0.05, 0) is 62.9 Å². The lowest BCUT2D eigenvalue weighted by molar-refractivity contribution is 0.217. The minimum absolute atomic E-state index is 0.273. The second-order valence-corrected chi connectivity index (χ2v) is 6.17. The Morgan fingerprint density at radius 2 is 1.65 bits per heavy atom. The molecule has 0 fully saturated rings. The lowest BCUT2D eigenvalue weighted by atomic mass is 10.1. The molecule has 0 aromatic heterocycles. The fourth-order valence-electron chi connectivity index (χ4n) is 2.52. The van der Waals surface area contributed by atoms with Crippen molar-refractivity contribution in [1.82, 2.24) is 5.32 Å². The number of rotatable bonds is 9. The number of aryl methyl sites for hydroxylation is 1. The van der Waals surface area contributed by atoms with Gasteiger partial charge in [0.2, 0.25) is 0 Å². The van der Waals surface area contributed by atoms with Gasteiger partial charge in [-0.2, -0.15) is 0 Å². The third kappa shape index (κ3) is 6.07. The van der Waals surface area contributed by atoms with E-state index in [0.29, 0.717) is 6.04 Å². The largest absolute Gasteiger partial charge is 0.491 e. The third-order valence-corrected chi connectivity index (χ3v) is 4.23. The van der Waals surface area contributed by atoms with E-state index in [1.165, 1.54) is 11.1 Å². The molecule has 0 amide bonds. The van der Waals surface area contributed by atoms with Crippen molar-refractivity contribution < 1.29 is 4.74 Å². The third-order valence-electron chi connectivity index (χ3n) is 4.23. The van der Waals surface area contributed by atoms with E-state index in [4.69, 9.17) is 4.74 Å². The monoisotopic (exact) mass is 311 g/mol. The van der Waals surface area contributed by atoms with E-state index in [2.05, 4.69) is 80.7 Å². The number of hydrogen-bond donors (Lipinski definition) is 1. The maximum atomic E-state index is 5.83. The van der Waals surface area contributed by atoms with Gasteiger partial charge in [0.1, 0.15) is 5.75 Å². The van der Waals surface area contributed by atoms with Gasteiger partial charge in [0.15, 0.2) is 0 Å². The first-order valence-corrected chi connectivity index (χ1v) is 8.73. The molecule has 2 rings (SSSR count). The maximum absolute atomic E-state index is 5.83. The maximum Gasteiger partial charge on any atom is 0.119 e. The van der Waals surface area contributed by atoms with Crippen molar-refractivity contribution in [3.05, 3.63) is 65.7 Å². The predicted octanol–water partition coefficient (Wildman–Crippen LogP) is 5.15. The SMILES string of the molecule is CCC(C)Oc1ccc(C(C)NCCCc2ccccc2)cc1. The summed E-state index contributed by atoms with van der Waals surface area (Å²) in [5.74, 6) is 0.958. The van der Waals surface area contributed by atoms with Crippen LogP contribution in [0.1, 0.15) is 50.8 Å². The Labute approximate surface area is 140 Å². The Morgan fingerprint density at radius 1 is 0.957 bits per heavy atom. The van der Waals surface area contributed by atoms with Crippen LogP contribution in [0.25, 0.3) is 0 Å². The Kier molecular flexibility index (Phi) is 7.15. The summed E-state index contributed by atoms with van der Waals surface area (Å²) < 4.78 is 5.83. The molecule has 2 heteroatoms. The normalized spacial score (nSPS) is 13.5. The molecule has 0 aliphatic rings. The van der Waals surface area contributed by atoms with Crippen LogP contribution in [-0.4, -0.2) is 12.6 Å². The quantitative estimate of drug-likeness (QED) is 0.647. The van der Waals surface area contributed by atoms with Crippen LogP contribution in [-0.2, 0) is 6.42 Å². The van der Waals surface area contributed by atoms with Gasteiger partial charge in [0.05, 0.1) is 6.10 Å². The molecule has 0 saturated heterocycles. The van der Waals surface area contributed by atoms with Crippen molar-refractivity contribution >= 4 is 0 Å². The van der Waals surface area contributed by atoms with Crippen LogP contribution in [0.15, 0.2) is 54.6 Å². The van der Waals surface area contributed by atoms with Crippen molar-refractivity contribution in [2.45, 2.75) is 52.2 Å². The molecular weight excluding hydrogens is 282 g/mol. The van der Waals surface area contributed by atoms with Crippen LogP contribution in [0.3, 0.4) is 0 Å². The second-order valence-electron chi connectivity index (χ2n) is 6.17. The molecular formula is C21H29NO. The van der Waals surface area contributed by atoms with Gasteiger partial charge in [0, 0.05) is 6.04 Å². The highest BCUT2D eigenvalue weighted by molar-refractivity contribution is 5.29. The molecule has 124 valence electrons. The summed E-state index contributed by atoms with van der Waals surface area (Å²) in [4.78, 5) is 0. The summed E-state index contributed by atoms with van der Waals surface area (Å²) in [6, 6.07) is 19.5. The minimum Gasteiger partial charge on any atom is -0.491 e. The highest BCUT2D eigenvalue weighted by Crippen LogP contribution is 2.19. The van der Waals surface area contributed by atoms with Crippen molar-refractivity contribution in [3.63, 3.8) is 0 Å². The Balaban J connectivity index is 1.73. The average Bonchev–Trinajstić information content (AvgIpc) is 2.60. The van der Waals surface area contributed by atoms with Crippen molar-refractivity contribution in [3.8, 4) is 5.75 Å². The highest BCUT2D eigenvalue weighted by Gasteiger charge is 2.06. The van der Waals surface area contributed by atoms with Gasteiger partial charge in [-0.1, -0.05) is 49.4 Å². The Hall–Kier alpha value is -1.80. The standard InChI is InChI=1S/C21H29NO/c1-4-17(2)23-21-14-12-20(13-15-21)18(3)22-16-8-11-19-9-6-5-7-10-19/h5-7,9-10,12-15,17-18,22H,4,8,11,16H2,1-3H3. The van der Waals surface area contributed by atoms with Gasteiger partial charge >= 0.3 is 0 Å². The second kappa shape index (κ2) is 9.36. The van der Waals surface area contributed by atoms with Gasteiger partial charge in [-0.25, -0.2) is 0 Å². The number of nitrogens with one attached hydrogen (secondary N) is 1. The summed E-state index contributed by atoms with van der Waals surface area (Å²) in [7, 11) is 0. The van der Waals surface area contributed by atoms with Crippen LogP contribution in [0.2, 0.25) is 0 Å². The van der Waals surface area contributed by atoms with E-state index < -0.39 is 0 Å². The molecule has 2 nitrogen and oxygen atoms in total. The molecule has 0 spiro atoms. The van der Waals surface area contributed by atoms with Crippen LogP contribution in [0, 0.1) is 0 Å². The van der Waals surface area contributed by atoms with Crippen LogP contribution >= 0.6 is 0 Å². The summed E-state index contributed by atoms with van der Waals surface area (Å²) in [5, 5.41) is 3.60. The molecule has 0 bridgehead atoms. The van der Waals surface area contributed by atoms with Gasteiger partial charge in [-0.3, -0.25) is 0 Å².